The Labute approximate surface area is 87.0 Å². The molecule has 14 heavy (non-hydrogen) atoms. The lowest BCUT2D eigenvalue weighted by Crippen LogP contribution is -2.30. The van der Waals surface area contributed by atoms with Gasteiger partial charge in [-0.1, -0.05) is 6.92 Å². The number of esters is 1. The summed E-state index contributed by atoms with van der Waals surface area (Å²) in [4.78, 5) is 11.6. The van der Waals surface area contributed by atoms with E-state index in [9.17, 15) is 4.79 Å². The van der Waals surface area contributed by atoms with Gasteiger partial charge in [-0.15, -0.1) is 0 Å². The maximum absolute atomic E-state index is 11.6. The first-order valence-corrected chi connectivity index (χ1v) is 5.60. The van der Waals surface area contributed by atoms with E-state index in [0.29, 0.717) is 0 Å². The lowest BCUT2D eigenvalue weighted by Gasteiger charge is -2.28. The van der Waals surface area contributed by atoms with Crippen LogP contribution in [0.1, 0.15) is 53.4 Å². The van der Waals surface area contributed by atoms with Crippen LogP contribution in [0, 0.1) is 11.3 Å². The topological polar surface area (TPSA) is 26.3 Å². The van der Waals surface area contributed by atoms with Crippen molar-refractivity contribution in [2.24, 2.45) is 11.3 Å². The zero-order valence-corrected chi connectivity index (χ0v) is 9.80. The van der Waals surface area contributed by atoms with Crippen molar-refractivity contribution in [3.8, 4) is 0 Å². The van der Waals surface area contributed by atoms with Crippen LogP contribution in [0.25, 0.3) is 0 Å². The first-order valence-electron chi connectivity index (χ1n) is 5.60. The van der Waals surface area contributed by atoms with Gasteiger partial charge in [-0.3, -0.25) is 4.79 Å². The third-order valence-corrected chi connectivity index (χ3v) is 2.85. The van der Waals surface area contributed by atoms with Crippen molar-refractivity contribution in [3.05, 3.63) is 0 Å². The molecule has 0 bridgehead atoms. The number of rotatable bonds is 1. The van der Waals surface area contributed by atoms with Gasteiger partial charge in [0, 0.05) is 0 Å². The van der Waals surface area contributed by atoms with Crippen LogP contribution in [0.4, 0.5) is 0 Å². The van der Waals surface area contributed by atoms with Crippen molar-refractivity contribution in [2.75, 3.05) is 0 Å². The molecule has 0 aromatic heterocycles. The monoisotopic (exact) mass is 198 g/mol. The van der Waals surface area contributed by atoms with Gasteiger partial charge >= 0.3 is 5.97 Å². The van der Waals surface area contributed by atoms with Gasteiger partial charge in [0.15, 0.2) is 0 Å². The van der Waals surface area contributed by atoms with Crippen molar-refractivity contribution in [1.82, 2.24) is 0 Å². The van der Waals surface area contributed by atoms with E-state index in [2.05, 4.69) is 6.92 Å². The molecule has 0 aromatic rings. The molecule has 0 atom stereocenters. The average Bonchev–Trinajstić information content (AvgIpc) is 2.07. The maximum Gasteiger partial charge on any atom is 0.311 e. The van der Waals surface area contributed by atoms with Gasteiger partial charge in [-0.25, -0.2) is 0 Å². The van der Waals surface area contributed by atoms with Crippen LogP contribution in [0.5, 0.6) is 0 Å². The summed E-state index contributed by atoms with van der Waals surface area (Å²) in [5.41, 5.74) is -0.358. The van der Waals surface area contributed by atoms with Crippen LogP contribution in [-0.4, -0.2) is 12.1 Å². The Bertz CT molecular complexity index is 195. The number of carbonyl (C=O) groups excluding carboxylic acids is 1. The smallest absolute Gasteiger partial charge is 0.311 e. The zero-order valence-electron chi connectivity index (χ0n) is 9.80. The molecule has 0 saturated heterocycles. The molecule has 2 nitrogen and oxygen atoms in total. The van der Waals surface area contributed by atoms with Crippen molar-refractivity contribution in [1.29, 1.82) is 0 Å². The van der Waals surface area contributed by atoms with Crippen LogP contribution < -0.4 is 0 Å². The lowest BCUT2D eigenvalue weighted by molar-refractivity contribution is -0.160. The highest BCUT2D eigenvalue weighted by Crippen LogP contribution is 2.27. The second-order valence-electron chi connectivity index (χ2n) is 5.54. The fourth-order valence-corrected chi connectivity index (χ4v) is 1.68. The molecule has 0 amide bonds. The molecule has 1 saturated carbocycles. The van der Waals surface area contributed by atoms with Crippen molar-refractivity contribution in [3.63, 3.8) is 0 Å². The van der Waals surface area contributed by atoms with Crippen LogP contribution >= 0.6 is 0 Å². The van der Waals surface area contributed by atoms with E-state index in [-0.39, 0.29) is 17.5 Å². The Balaban J connectivity index is 2.35. The molecule has 0 radical (unpaired) electrons. The minimum atomic E-state index is -0.358. The van der Waals surface area contributed by atoms with E-state index < -0.39 is 0 Å². The first kappa shape index (κ1) is 11.5. The quantitative estimate of drug-likeness (QED) is 0.605. The molecule has 2 heteroatoms. The van der Waals surface area contributed by atoms with Crippen molar-refractivity contribution in [2.45, 2.75) is 59.5 Å². The highest BCUT2D eigenvalue weighted by molar-refractivity contribution is 5.75. The van der Waals surface area contributed by atoms with Gasteiger partial charge in [0.05, 0.1) is 5.41 Å². The number of hydrogen-bond donors (Lipinski definition) is 0. The summed E-state index contributed by atoms with van der Waals surface area (Å²) in [6.07, 6.45) is 4.66. The van der Waals surface area contributed by atoms with Gasteiger partial charge < -0.3 is 4.74 Å². The standard InChI is InChI=1S/C12H22O2/c1-9-5-7-10(8-6-9)14-11(13)12(2,3)4/h9-10H,5-8H2,1-4H3/t9-,10-. The third-order valence-electron chi connectivity index (χ3n) is 2.85. The second-order valence-corrected chi connectivity index (χ2v) is 5.54. The molecule has 1 aliphatic carbocycles. The van der Waals surface area contributed by atoms with Gasteiger partial charge in [0.25, 0.3) is 0 Å². The summed E-state index contributed by atoms with van der Waals surface area (Å²) < 4.78 is 5.47. The van der Waals surface area contributed by atoms with Crippen LogP contribution in [0.3, 0.4) is 0 Å². The fourth-order valence-electron chi connectivity index (χ4n) is 1.68. The predicted molar refractivity (Wildman–Crippen MR) is 57.0 cm³/mol. The number of ether oxygens (including phenoxy) is 1. The predicted octanol–water partition coefficient (Wildman–Crippen LogP) is 3.15. The number of carbonyl (C=O) groups is 1. The van der Waals surface area contributed by atoms with Crippen LogP contribution in [0.15, 0.2) is 0 Å². The van der Waals surface area contributed by atoms with E-state index in [4.69, 9.17) is 4.74 Å². The van der Waals surface area contributed by atoms with Crippen molar-refractivity contribution < 1.29 is 9.53 Å². The molecule has 1 rings (SSSR count). The second kappa shape index (κ2) is 4.33. The fraction of sp³-hybridized carbons (Fsp3) is 0.917. The van der Waals surface area contributed by atoms with Crippen LogP contribution in [0.2, 0.25) is 0 Å². The Morgan fingerprint density at radius 2 is 1.64 bits per heavy atom. The summed E-state index contributed by atoms with van der Waals surface area (Å²) in [5, 5.41) is 0. The van der Waals surface area contributed by atoms with E-state index in [1.54, 1.807) is 0 Å². The summed E-state index contributed by atoms with van der Waals surface area (Å²) in [5.74, 6) is 0.747. The molecular weight excluding hydrogens is 176 g/mol. The van der Waals surface area contributed by atoms with E-state index in [1.165, 1.54) is 12.8 Å². The Morgan fingerprint density at radius 1 is 1.14 bits per heavy atom. The summed E-state index contributed by atoms with van der Waals surface area (Å²) in [6, 6.07) is 0. The molecule has 1 fully saturated rings. The zero-order chi connectivity index (χ0) is 10.8. The van der Waals surface area contributed by atoms with E-state index >= 15 is 0 Å². The Kier molecular flexibility index (Phi) is 3.57. The van der Waals surface area contributed by atoms with E-state index in [1.807, 2.05) is 20.8 Å². The molecule has 0 N–H and O–H groups in total. The molecular formula is C12H22O2. The third kappa shape index (κ3) is 3.32. The Hall–Kier alpha value is -0.530. The SMILES string of the molecule is CC(C)(C)C(=O)O[C@H]1CC[C@H](C)CC1. The molecule has 1 aliphatic rings. The maximum atomic E-state index is 11.6. The highest BCUT2D eigenvalue weighted by atomic mass is 16.5. The summed E-state index contributed by atoms with van der Waals surface area (Å²) in [7, 11) is 0. The van der Waals surface area contributed by atoms with E-state index in [0.717, 1.165) is 18.8 Å². The molecule has 0 spiro atoms. The lowest BCUT2D eigenvalue weighted by atomic mass is 9.88. The summed E-state index contributed by atoms with van der Waals surface area (Å²) >= 11 is 0. The molecule has 0 unspecified atom stereocenters. The normalized spacial score (nSPS) is 28.6. The highest BCUT2D eigenvalue weighted by Gasteiger charge is 2.28. The molecule has 82 valence electrons. The Morgan fingerprint density at radius 3 is 2.07 bits per heavy atom. The molecule has 0 aliphatic heterocycles. The minimum Gasteiger partial charge on any atom is -0.462 e. The van der Waals surface area contributed by atoms with Gasteiger partial charge in [0.1, 0.15) is 6.10 Å². The van der Waals surface area contributed by atoms with Gasteiger partial charge in [0.2, 0.25) is 0 Å². The number of hydrogen-bond acceptors (Lipinski definition) is 2. The molecule has 0 aromatic carbocycles. The van der Waals surface area contributed by atoms with Gasteiger partial charge in [-0.2, -0.15) is 0 Å². The van der Waals surface area contributed by atoms with Crippen LogP contribution in [-0.2, 0) is 9.53 Å². The minimum absolute atomic E-state index is 0.0583. The van der Waals surface area contributed by atoms with Gasteiger partial charge in [-0.05, 0) is 52.4 Å². The van der Waals surface area contributed by atoms with Crippen molar-refractivity contribution >= 4 is 5.97 Å². The average molecular weight is 198 g/mol. The molecule has 0 heterocycles. The summed E-state index contributed by atoms with van der Waals surface area (Å²) in [6.45, 7) is 7.98. The largest absolute Gasteiger partial charge is 0.462 e. The first-order chi connectivity index (χ1) is 6.39.